The van der Waals surface area contributed by atoms with Crippen LogP contribution in [0.2, 0.25) is 0 Å². The minimum atomic E-state index is 0.312. The van der Waals surface area contributed by atoms with Crippen molar-refractivity contribution in [1.29, 1.82) is 0 Å². The lowest BCUT2D eigenvalue weighted by Gasteiger charge is -2.19. The summed E-state index contributed by atoms with van der Waals surface area (Å²) in [7, 11) is 1.70. The molecule has 0 heterocycles. The quantitative estimate of drug-likeness (QED) is 0.663. The second kappa shape index (κ2) is 8.00. The van der Waals surface area contributed by atoms with E-state index in [2.05, 4.69) is 31.4 Å². The molecule has 2 N–H and O–H groups in total. The summed E-state index contributed by atoms with van der Waals surface area (Å²) in [6.07, 6.45) is 1.01. The third-order valence-electron chi connectivity index (χ3n) is 1.87. The van der Waals surface area contributed by atoms with Crippen molar-refractivity contribution in [2.45, 2.75) is 33.2 Å². The highest BCUT2D eigenvalue weighted by Gasteiger charge is 2.06. The van der Waals surface area contributed by atoms with Gasteiger partial charge in [0.05, 0.1) is 12.6 Å². The largest absolute Gasteiger partial charge is 0.383 e. The Bertz CT molecular complexity index is 162. The van der Waals surface area contributed by atoms with Crippen molar-refractivity contribution in [3.05, 3.63) is 0 Å². The average Bonchev–Trinajstić information content (AvgIpc) is 2.14. The molecule has 0 radical (unpaired) electrons. The molecule has 84 valence electrons. The highest BCUT2D eigenvalue weighted by atomic mass is 32.1. The molecule has 0 aliphatic carbocycles. The van der Waals surface area contributed by atoms with Gasteiger partial charge in [-0.05, 0) is 24.6 Å². The molecule has 1 unspecified atom stereocenters. The van der Waals surface area contributed by atoms with Gasteiger partial charge in [-0.15, -0.1) is 0 Å². The van der Waals surface area contributed by atoms with Gasteiger partial charge in [0.1, 0.15) is 0 Å². The topological polar surface area (TPSA) is 33.3 Å². The van der Waals surface area contributed by atoms with Crippen LogP contribution < -0.4 is 10.6 Å². The van der Waals surface area contributed by atoms with Crippen LogP contribution in [-0.2, 0) is 4.74 Å². The molecule has 0 aromatic rings. The van der Waals surface area contributed by atoms with E-state index in [0.717, 1.165) is 18.1 Å². The van der Waals surface area contributed by atoms with E-state index in [9.17, 15) is 0 Å². The maximum Gasteiger partial charge on any atom is 0.166 e. The summed E-state index contributed by atoms with van der Waals surface area (Å²) in [6.45, 7) is 8.03. The standard InChI is InChI=1S/C10H22N2OS/c1-5-9(7-13-4)12-10(14)11-6-8(2)3/h8-9H,5-7H2,1-4H3,(H2,11,12,14). The van der Waals surface area contributed by atoms with Gasteiger partial charge in [-0.1, -0.05) is 20.8 Å². The van der Waals surface area contributed by atoms with Crippen LogP contribution in [0, 0.1) is 5.92 Å². The third-order valence-corrected chi connectivity index (χ3v) is 2.13. The maximum atomic E-state index is 5.15. The zero-order chi connectivity index (χ0) is 11.0. The molecule has 0 saturated heterocycles. The smallest absolute Gasteiger partial charge is 0.166 e. The predicted octanol–water partition coefficient (Wildman–Crippen LogP) is 1.53. The van der Waals surface area contributed by atoms with Crippen molar-refractivity contribution in [2.75, 3.05) is 20.3 Å². The van der Waals surface area contributed by atoms with Gasteiger partial charge in [-0.25, -0.2) is 0 Å². The lowest BCUT2D eigenvalue weighted by atomic mass is 10.2. The summed E-state index contributed by atoms with van der Waals surface area (Å²) in [6, 6.07) is 0.312. The summed E-state index contributed by atoms with van der Waals surface area (Å²) in [4.78, 5) is 0. The summed E-state index contributed by atoms with van der Waals surface area (Å²) in [5, 5.41) is 7.11. The number of hydrogen-bond donors (Lipinski definition) is 2. The van der Waals surface area contributed by atoms with Crippen LogP contribution >= 0.6 is 12.2 Å². The highest BCUT2D eigenvalue weighted by Crippen LogP contribution is 1.92. The zero-order valence-corrected chi connectivity index (χ0v) is 10.4. The van der Waals surface area contributed by atoms with Crippen LogP contribution in [0.5, 0.6) is 0 Å². The maximum absolute atomic E-state index is 5.15. The monoisotopic (exact) mass is 218 g/mol. The van der Waals surface area contributed by atoms with Crippen molar-refractivity contribution >= 4 is 17.3 Å². The zero-order valence-electron chi connectivity index (χ0n) is 9.59. The van der Waals surface area contributed by atoms with E-state index in [0.29, 0.717) is 18.6 Å². The molecule has 14 heavy (non-hydrogen) atoms. The van der Waals surface area contributed by atoms with Crippen molar-refractivity contribution < 1.29 is 4.74 Å². The van der Waals surface area contributed by atoms with E-state index in [1.807, 2.05) is 0 Å². The van der Waals surface area contributed by atoms with E-state index in [1.54, 1.807) is 7.11 Å². The molecule has 0 aliphatic rings. The Hall–Kier alpha value is -0.350. The molecule has 0 saturated carbocycles. The Morgan fingerprint density at radius 2 is 2.07 bits per heavy atom. The van der Waals surface area contributed by atoms with Gasteiger partial charge in [-0.2, -0.15) is 0 Å². The Kier molecular flexibility index (Phi) is 7.80. The number of ether oxygens (including phenoxy) is 1. The van der Waals surface area contributed by atoms with Crippen molar-refractivity contribution in [2.24, 2.45) is 5.92 Å². The number of nitrogens with one attached hydrogen (secondary N) is 2. The Labute approximate surface area is 92.6 Å². The van der Waals surface area contributed by atoms with Gasteiger partial charge in [0.2, 0.25) is 0 Å². The van der Waals surface area contributed by atoms with Crippen LogP contribution in [-0.4, -0.2) is 31.4 Å². The number of thiocarbonyl (C=S) groups is 1. The van der Waals surface area contributed by atoms with Gasteiger partial charge >= 0.3 is 0 Å². The van der Waals surface area contributed by atoms with Crippen molar-refractivity contribution in [1.82, 2.24) is 10.6 Å². The fraction of sp³-hybridized carbons (Fsp3) is 0.900. The first-order valence-electron chi connectivity index (χ1n) is 5.13. The lowest BCUT2D eigenvalue weighted by Crippen LogP contribution is -2.44. The van der Waals surface area contributed by atoms with E-state index in [1.165, 1.54) is 0 Å². The molecule has 0 rings (SSSR count). The van der Waals surface area contributed by atoms with E-state index < -0.39 is 0 Å². The first-order chi connectivity index (χ1) is 6.60. The van der Waals surface area contributed by atoms with E-state index >= 15 is 0 Å². The van der Waals surface area contributed by atoms with Gasteiger partial charge in [-0.3, -0.25) is 0 Å². The molecular weight excluding hydrogens is 196 g/mol. The molecule has 1 atom stereocenters. The van der Waals surface area contributed by atoms with E-state index in [4.69, 9.17) is 17.0 Å². The van der Waals surface area contributed by atoms with Gasteiger partial charge < -0.3 is 15.4 Å². The molecule has 0 aromatic heterocycles. The van der Waals surface area contributed by atoms with Gasteiger partial charge in [0.25, 0.3) is 0 Å². The molecule has 3 nitrogen and oxygen atoms in total. The Morgan fingerprint density at radius 3 is 2.50 bits per heavy atom. The van der Waals surface area contributed by atoms with Crippen LogP contribution in [0.4, 0.5) is 0 Å². The fourth-order valence-electron chi connectivity index (χ4n) is 0.996. The summed E-state index contributed by atoms with van der Waals surface area (Å²) < 4.78 is 5.07. The fourth-order valence-corrected chi connectivity index (χ4v) is 1.25. The van der Waals surface area contributed by atoms with Crippen molar-refractivity contribution in [3.8, 4) is 0 Å². The molecule has 0 aliphatic heterocycles. The first kappa shape index (κ1) is 13.7. The van der Waals surface area contributed by atoms with E-state index in [-0.39, 0.29) is 0 Å². The lowest BCUT2D eigenvalue weighted by molar-refractivity contribution is 0.172. The second-order valence-corrected chi connectivity index (χ2v) is 4.22. The average molecular weight is 218 g/mol. The molecule has 0 aromatic carbocycles. The minimum absolute atomic E-state index is 0.312. The molecule has 0 bridgehead atoms. The predicted molar refractivity (Wildman–Crippen MR) is 64.5 cm³/mol. The Balaban J connectivity index is 3.67. The molecule has 0 spiro atoms. The molecule has 4 heteroatoms. The second-order valence-electron chi connectivity index (χ2n) is 3.81. The summed E-state index contributed by atoms with van der Waals surface area (Å²) >= 11 is 5.15. The molecule has 0 amide bonds. The normalized spacial score (nSPS) is 12.6. The first-order valence-corrected chi connectivity index (χ1v) is 5.54. The number of hydrogen-bond acceptors (Lipinski definition) is 2. The number of methoxy groups -OCH3 is 1. The molecular formula is C10H22N2OS. The van der Waals surface area contributed by atoms with Gasteiger partial charge in [0, 0.05) is 13.7 Å². The van der Waals surface area contributed by atoms with Crippen LogP contribution in [0.25, 0.3) is 0 Å². The van der Waals surface area contributed by atoms with Gasteiger partial charge in [0.15, 0.2) is 5.11 Å². The molecule has 0 fully saturated rings. The van der Waals surface area contributed by atoms with Crippen LogP contribution in [0.1, 0.15) is 27.2 Å². The Morgan fingerprint density at radius 1 is 1.43 bits per heavy atom. The summed E-state index contributed by atoms with van der Waals surface area (Å²) in [5.41, 5.74) is 0. The number of rotatable bonds is 6. The third kappa shape index (κ3) is 7.09. The SMILES string of the molecule is CCC(COC)NC(=S)NCC(C)C. The van der Waals surface area contributed by atoms with Crippen molar-refractivity contribution in [3.63, 3.8) is 0 Å². The van der Waals surface area contributed by atoms with Crippen LogP contribution in [0.15, 0.2) is 0 Å². The highest BCUT2D eigenvalue weighted by molar-refractivity contribution is 7.80. The minimum Gasteiger partial charge on any atom is -0.383 e. The van der Waals surface area contributed by atoms with Crippen LogP contribution in [0.3, 0.4) is 0 Å². The summed E-state index contributed by atoms with van der Waals surface area (Å²) in [5.74, 6) is 0.609.